The fourth-order valence-corrected chi connectivity index (χ4v) is 4.99. The van der Waals surface area contributed by atoms with Crippen LogP contribution < -0.4 is 0 Å². The van der Waals surface area contributed by atoms with Gasteiger partial charge in [-0.25, -0.2) is 0 Å². The summed E-state index contributed by atoms with van der Waals surface area (Å²) in [6, 6.07) is 0. The third-order valence-electron chi connectivity index (χ3n) is 6.62. The average Bonchev–Trinajstić information content (AvgIpc) is 3.42. The van der Waals surface area contributed by atoms with E-state index in [0.717, 1.165) is 69.9 Å². The van der Waals surface area contributed by atoms with Crippen LogP contribution in [0.15, 0.2) is 16.7 Å². The molecule has 140 valence electrons. The van der Waals surface area contributed by atoms with Crippen LogP contribution in [0, 0.1) is 5.92 Å². The van der Waals surface area contributed by atoms with Crippen LogP contribution in [-0.4, -0.2) is 59.3 Å². The molecule has 26 heavy (non-hydrogen) atoms. The predicted molar refractivity (Wildman–Crippen MR) is 95.6 cm³/mol. The maximum absolute atomic E-state index is 12.9. The largest absolute Gasteiger partial charge is 0.366 e. The van der Waals surface area contributed by atoms with Crippen LogP contribution in [0.3, 0.4) is 0 Å². The number of rotatable bonds is 3. The summed E-state index contributed by atoms with van der Waals surface area (Å²) in [5.74, 6) is 1.77. The van der Waals surface area contributed by atoms with E-state index in [2.05, 4.69) is 29.1 Å². The minimum Gasteiger partial charge on any atom is -0.366 e. The van der Waals surface area contributed by atoms with Crippen molar-refractivity contribution in [2.24, 2.45) is 5.92 Å². The van der Waals surface area contributed by atoms with Gasteiger partial charge in [-0.2, -0.15) is 0 Å². The normalized spacial score (nSPS) is 31.6. The Balaban J connectivity index is 1.23. The molecule has 4 aliphatic rings. The van der Waals surface area contributed by atoms with Crippen molar-refractivity contribution in [2.45, 2.75) is 57.3 Å². The summed E-state index contributed by atoms with van der Waals surface area (Å²) in [4.78, 5) is 17.4. The smallest absolute Gasteiger partial charge is 0.228 e. The molecule has 2 saturated heterocycles. The van der Waals surface area contributed by atoms with Crippen molar-refractivity contribution < 1.29 is 14.1 Å². The first kappa shape index (κ1) is 16.5. The van der Waals surface area contributed by atoms with E-state index >= 15 is 0 Å². The van der Waals surface area contributed by atoms with E-state index in [4.69, 9.17) is 9.26 Å². The molecule has 2 fully saturated rings. The first-order valence-corrected chi connectivity index (χ1v) is 10.0. The van der Waals surface area contributed by atoms with Gasteiger partial charge < -0.3 is 14.2 Å². The van der Waals surface area contributed by atoms with Crippen LogP contribution in [0.2, 0.25) is 0 Å². The summed E-state index contributed by atoms with van der Waals surface area (Å²) in [5.41, 5.74) is 2.46. The zero-order valence-corrected chi connectivity index (χ0v) is 15.4. The summed E-state index contributed by atoms with van der Waals surface area (Å²) >= 11 is 0. The first-order valence-electron chi connectivity index (χ1n) is 10.0. The lowest BCUT2D eigenvalue weighted by molar-refractivity contribution is -0.137. The highest BCUT2D eigenvalue weighted by molar-refractivity contribution is 5.80. The van der Waals surface area contributed by atoms with Crippen molar-refractivity contribution >= 4 is 5.91 Å². The SMILES string of the molecule is CCN1CCc2noc(C3CCN(C(=O)[C@@H]4C[C@H]5C=C[C@H]4O5)CC3)c2C1. The third kappa shape index (κ3) is 2.70. The number of nitrogens with zero attached hydrogens (tertiary/aromatic N) is 3. The van der Waals surface area contributed by atoms with Crippen LogP contribution in [0.4, 0.5) is 0 Å². The van der Waals surface area contributed by atoms with Gasteiger partial charge in [0.25, 0.3) is 0 Å². The maximum atomic E-state index is 12.9. The van der Waals surface area contributed by atoms with Gasteiger partial charge >= 0.3 is 0 Å². The summed E-state index contributed by atoms with van der Waals surface area (Å²) in [6.45, 7) is 6.93. The number of hydrogen-bond acceptors (Lipinski definition) is 5. The molecule has 0 saturated carbocycles. The Labute approximate surface area is 154 Å². The second-order valence-electron chi connectivity index (χ2n) is 8.06. The highest BCUT2D eigenvalue weighted by Gasteiger charge is 2.43. The van der Waals surface area contributed by atoms with Gasteiger partial charge in [0.2, 0.25) is 5.91 Å². The average molecular weight is 357 g/mol. The standard InChI is InChI=1S/C20H27N3O3/c1-2-22-8-7-17-16(12-22)19(26-21-17)13-5-9-23(10-6-13)20(24)15-11-14-3-4-18(15)25-14/h3-4,13-15,18H,2,5-12H2,1H3/t14-,15-,18-/m1/s1. The van der Waals surface area contributed by atoms with Crippen molar-refractivity contribution in [2.75, 3.05) is 26.2 Å². The Hall–Kier alpha value is -1.66. The number of likely N-dealkylation sites (N-methyl/N-ethyl adjacent to an activating group) is 1. The maximum Gasteiger partial charge on any atom is 0.228 e. The molecule has 2 bridgehead atoms. The Morgan fingerprint density at radius 1 is 1.27 bits per heavy atom. The van der Waals surface area contributed by atoms with Crippen LogP contribution in [-0.2, 0) is 22.5 Å². The Morgan fingerprint density at radius 3 is 2.81 bits per heavy atom. The molecule has 4 aliphatic heterocycles. The fourth-order valence-electron chi connectivity index (χ4n) is 4.99. The van der Waals surface area contributed by atoms with E-state index in [-0.39, 0.29) is 24.0 Å². The summed E-state index contributed by atoms with van der Waals surface area (Å²) in [6.07, 6.45) is 8.09. The number of piperidine rings is 1. The molecule has 1 aromatic heterocycles. The Morgan fingerprint density at radius 2 is 2.12 bits per heavy atom. The number of hydrogen-bond donors (Lipinski definition) is 0. The van der Waals surface area contributed by atoms with Crippen molar-refractivity contribution in [3.8, 4) is 0 Å². The molecular formula is C20H27N3O3. The van der Waals surface area contributed by atoms with E-state index in [1.54, 1.807) is 0 Å². The molecule has 5 heterocycles. The summed E-state index contributed by atoms with van der Waals surface area (Å²) in [5, 5.41) is 4.34. The van der Waals surface area contributed by atoms with Crippen LogP contribution in [0.5, 0.6) is 0 Å². The highest BCUT2D eigenvalue weighted by Crippen LogP contribution is 2.38. The number of carbonyl (C=O) groups excluding carboxylic acids is 1. The molecule has 5 rings (SSSR count). The number of aromatic nitrogens is 1. The Bertz CT molecular complexity index is 720. The Kier molecular flexibility index (Phi) is 4.13. The lowest BCUT2D eigenvalue weighted by Crippen LogP contribution is -2.43. The molecule has 3 atom stereocenters. The molecule has 0 N–H and O–H groups in total. The minimum atomic E-state index is 0.00606. The molecule has 0 aromatic carbocycles. The molecule has 0 aliphatic carbocycles. The van der Waals surface area contributed by atoms with E-state index in [1.165, 1.54) is 5.56 Å². The third-order valence-corrected chi connectivity index (χ3v) is 6.62. The zero-order valence-electron chi connectivity index (χ0n) is 15.4. The van der Waals surface area contributed by atoms with Gasteiger partial charge in [0, 0.05) is 44.1 Å². The van der Waals surface area contributed by atoms with Gasteiger partial charge in [-0.3, -0.25) is 9.69 Å². The van der Waals surface area contributed by atoms with Gasteiger partial charge in [0.1, 0.15) is 5.76 Å². The molecule has 1 amide bonds. The first-order chi connectivity index (χ1) is 12.7. The predicted octanol–water partition coefficient (Wildman–Crippen LogP) is 2.10. The number of amides is 1. The van der Waals surface area contributed by atoms with Gasteiger partial charge in [-0.1, -0.05) is 24.2 Å². The second kappa shape index (κ2) is 6.50. The molecule has 0 unspecified atom stereocenters. The highest BCUT2D eigenvalue weighted by atomic mass is 16.5. The summed E-state index contributed by atoms with van der Waals surface area (Å²) in [7, 11) is 0. The van der Waals surface area contributed by atoms with Crippen LogP contribution >= 0.6 is 0 Å². The molecule has 6 nitrogen and oxygen atoms in total. The van der Waals surface area contributed by atoms with E-state index in [0.29, 0.717) is 5.92 Å². The molecule has 1 aromatic rings. The lowest BCUT2D eigenvalue weighted by atomic mass is 9.88. The van der Waals surface area contributed by atoms with E-state index < -0.39 is 0 Å². The van der Waals surface area contributed by atoms with Crippen LogP contribution in [0.25, 0.3) is 0 Å². The molecular weight excluding hydrogens is 330 g/mol. The van der Waals surface area contributed by atoms with Crippen molar-refractivity contribution in [3.63, 3.8) is 0 Å². The number of fused-ring (bicyclic) bond motifs is 3. The number of ether oxygens (including phenoxy) is 1. The lowest BCUT2D eigenvalue weighted by Gasteiger charge is -2.34. The number of carbonyl (C=O) groups is 1. The van der Waals surface area contributed by atoms with E-state index in [1.807, 2.05) is 4.90 Å². The van der Waals surface area contributed by atoms with Gasteiger partial charge in [0.05, 0.1) is 23.8 Å². The van der Waals surface area contributed by atoms with Crippen molar-refractivity contribution in [3.05, 3.63) is 29.2 Å². The van der Waals surface area contributed by atoms with Crippen molar-refractivity contribution in [1.82, 2.24) is 15.0 Å². The second-order valence-corrected chi connectivity index (χ2v) is 8.06. The van der Waals surface area contributed by atoms with E-state index in [9.17, 15) is 4.79 Å². The quantitative estimate of drug-likeness (QED) is 0.776. The van der Waals surface area contributed by atoms with Crippen LogP contribution in [0.1, 0.15) is 49.1 Å². The summed E-state index contributed by atoms with van der Waals surface area (Å²) < 4.78 is 11.5. The van der Waals surface area contributed by atoms with Crippen molar-refractivity contribution in [1.29, 1.82) is 0 Å². The molecule has 6 heteroatoms. The monoisotopic (exact) mass is 357 g/mol. The van der Waals surface area contributed by atoms with Gasteiger partial charge in [-0.15, -0.1) is 0 Å². The zero-order chi connectivity index (χ0) is 17.7. The minimum absolute atomic E-state index is 0.00606. The number of likely N-dealkylation sites (tertiary alicyclic amines) is 1. The van der Waals surface area contributed by atoms with Gasteiger partial charge in [0.15, 0.2) is 0 Å². The molecule has 0 radical (unpaired) electrons. The topological polar surface area (TPSA) is 58.8 Å². The van der Waals surface area contributed by atoms with Gasteiger partial charge in [-0.05, 0) is 25.8 Å². The fraction of sp³-hybridized carbons (Fsp3) is 0.700. The molecule has 0 spiro atoms.